The van der Waals surface area contributed by atoms with Gasteiger partial charge in [0.05, 0.1) is 29.3 Å². The molecule has 2 unspecified atom stereocenters. The molecule has 1 saturated heterocycles. The number of morpholine rings is 1. The van der Waals surface area contributed by atoms with Crippen LogP contribution >= 0.6 is 22.9 Å². The molecule has 1 aliphatic rings. The van der Waals surface area contributed by atoms with Gasteiger partial charge in [-0.15, -0.1) is 22.9 Å². The van der Waals surface area contributed by atoms with Crippen molar-refractivity contribution >= 4 is 22.9 Å². The molecule has 1 aromatic heterocycles. The maximum absolute atomic E-state index is 5.77. The van der Waals surface area contributed by atoms with E-state index in [4.69, 9.17) is 16.3 Å². The van der Waals surface area contributed by atoms with Gasteiger partial charge in [0.15, 0.2) is 0 Å². The smallest absolute Gasteiger partial charge is 0.0928 e. The Kier molecular flexibility index (Phi) is 6.75. The fourth-order valence-corrected chi connectivity index (χ4v) is 3.75. The van der Waals surface area contributed by atoms with Crippen LogP contribution in [0.3, 0.4) is 0 Å². The highest BCUT2D eigenvalue weighted by atomic mass is 35.5. The zero-order valence-corrected chi connectivity index (χ0v) is 14.1. The van der Waals surface area contributed by atoms with Crippen LogP contribution in [0.2, 0.25) is 0 Å². The summed E-state index contributed by atoms with van der Waals surface area (Å²) >= 11 is 7.51. The summed E-state index contributed by atoms with van der Waals surface area (Å²) in [5, 5.41) is 3.29. The second-order valence-corrected chi connectivity index (χ2v) is 6.73. The number of nitrogens with zero attached hydrogens (tertiary/aromatic N) is 2. The summed E-state index contributed by atoms with van der Waals surface area (Å²) in [6, 6.07) is 0.605. The summed E-state index contributed by atoms with van der Waals surface area (Å²) in [5.41, 5.74) is 1.01. The molecule has 1 aromatic rings. The summed E-state index contributed by atoms with van der Waals surface area (Å²) in [6.07, 6.45) is 5.08. The molecular weight excluding hydrogens is 292 g/mol. The first kappa shape index (κ1) is 16.2. The average molecular weight is 317 g/mol. The fourth-order valence-electron chi connectivity index (χ4n) is 2.68. The van der Waals surface area contributed by atoms with E-state index in [1.54, 1.807) is 11.3 Å². The maximum atomic E-state index is 5.77. The number of halogens is 1. The van der Waals surface area contributed by atoms with Gasteiger partial charge < -0.3 is 4.74 Å². The van der Waals surface area contributed by atoms with Gasteiger partial charge in [-0.2, -0.15) is 0 Å². The molecule has 0 saturated carbocycles. The Morgan fingerprint density at radius 3 is 3.05 bits per heavy atom. The van der Waals surface area contributed by atoms with E-state index in [1.165, 1.54) is 30.8 Å². The number of hydrogen-bond acceptors (Lipinski definition) is 4. The SMILES string of the molecule is CCC1COC(C)CN1CCCCc1nc(CCl)cs1. The van der Waals surface area contributed by atoms with Crippen LogP contribution in [0.1, 0.15) is 43.8 Å². The van der Waals surface area contributed by atoms with Crippen LogP contribution < -0.4 is 0 Å². The average Bonchev–Trinajstić information content (AvgIpc) is 2.92. The highest BCUT2D eigenvalue weighted by Crippen LogP contribution is 2.17. The van der Waals surface area contributed by atoms with Crippen molar-refractivity contribution in [2.24, 2.45) is 0 Å². The van der Waals surface area contributed by atoms with E-state index < -0.39 is 0 Å². The van der Waals surface area contributed by atoms with Crippen molar-refractivity contribution in [1.29, 1.82) is 0 Å². The van der Waals surface area contributed by atoms with Crippen molar-refractivity contribution in [3.63, 3.8) is 0 Å². The van der Waals surface area contributed by atoms with E-state index >= 15 is 0 Å². The Labute approximate surface area is 131 Å². The lowest BCUT2D eigenvalue weighted by molar-refractivity contribution is -0.0560. The summed E-state index contributed by atoms with van der Waals surface area (Å²) in [4.78, 5) is 7.11. The number of unbranched alkanes of at least 4 members (excludes halogenated alkanes) is 1. The Bertz CT molecular complexity index is 399. The molecule has 0 radical (unpaired) electrons. The molecule has 0 amide bonds. The molecule has 0 bridgehead atoms. The van der Waals surface area contributed by atoms with Gasteiger partial charge in [0.2, 0.25) is 0 Å². The minimum atomic E-state index is 0.378. The molecular formula is C15H25ClN2OS. The van der Waals surface area contributed by atoms with E-state index in [-0.39, 0.29) is 0 Å². The van der Waals surface area contributed by atoms with Gasteiger partial charge in [-0.25, -0.2) is 4.98 Å². The lowest BCUT2D eigenvalue weighted by Crippen LogP contribution is -2.48. The van der Waals surface area contributed by atoms with Crippen LogP contribution in [-0.2, 0) is 17.0 Å². The maximum Gasteiger partial charge on any atom is 0.0928 e. The second-order valence-electron chi connectivity index (χ2n) is 5.52. The number of aryl methyl sites for hydroxylation is 1. The van der Waals surface area contributed by atoms with Crippen molar-refractivity contribution in [1.82, 2.24) is 9.88 Å². The van der Waals surface area contributed by atoms with Crippen LogP contribution in [0.15, 0.2) is 5.38 Å². The zero-order valence-electron chi connectivity index (χ0n) is 12.5. The number of rotatable bonds is 7. The number of thiazole rings is 1. The Balaban J connectivity index is 1.69. The van der Waals surface area contributed by atoms with Crippen molar-refractivity contribution in [3.8, 4) is 0 Å². The van der Waals surface area contributed by atoms with Crippen molar-refractivity contribution in [2.75, 3.05) is 19.7 Å². The van der Waals surface area contributed by atoms with Crippen LogP contribution in [0, 0.1) is 0 Å². The van der Waals surface area contributed by atoms with E-state index in [0.29, 0.717) is 18.0 Å². The number of ether oxygens (including phenoxy) is 1. The normalized spacial score (nSPS) is 24.1. The Hall–Kier alpha value is -0.160. The molecule has 114 valence electrons. The standard InChI is InChI=1S/C15H25ClN2OS/c1-3-14-10-19-12(2)9-18(14)7-5-4-6-15-17-13(8-16)11-20-15/h11-12,14H,3-10H2,1-2H3. The van der Waals surface area contributed by atoms with Crippen molar-refractivity contribution in [2.45, 2.75) is 57.6 Å². The molecule has 0 spiro atoms. The van der Waals surface area contributed by atoms with Crippen molar-refractivity contribution in [3.05, 3.63) is 16.1 Å². The Morgan fingerprint density at radius 1 is 1.50 bits per heavy atom. The minimum Gasteiger partial charge on any atom is -0.376 e. The van der Waals surface area contributed by atoms with Gasteiger partial charge in [0.25, 0.3) is 0 Å². The van der Waals surface area contributed by atoms with Gasteiger partial charge in [0.1, 0.15) is 0 Å². The molecule has 2 heterocycles. The zero-order chi connectivity index (χ0) is 14.4. The Morgan fingerprint density at radius 2 is 2.35 bits per heavy atom. The monoisotopic (exact) mass is 316 g/mol. The first-order valence-corrected chi connectivity index (χ1v) is 8.99. The van der Waals surface area contributed by atoms with Gasteiger partial charge >= 0.3 is 0 Å². The van der Waals surface area contributed by atoms with Gasteiger partial charge in [-0.05, 0) is 39.2 Å². The number of alkyl halides is 1. The summed E-state index contributed by atoms with van der Waals surface area (Å²) in [5.74, 6) is 0.528. The molecule has 2 atom stereocenters. The number of aromatic nitrogens is 1. The van der Waals surface area contributed by atoms with E-state index in [1.807, 2.05) is 0 Å². The van der Waals surface area contributed by atoms with E-state index in [0.717, 1.165) is 25.3 Å². The van der Waals surface area contributed by atoms with E-state index in [2.05, 4.69) is 29.1 Å². The lowest BCUT2D eigenvalue weighted by Gasteiger charge is -2.38. The number of hydrogen-bond donors (Lipinski definition) is 0. The highest BCUT2D eigenvalue weighted by molar-refractivity contribution is 7.09. The van der Waals surface area contributed by atoms with Crippen molar-refractivity contribution < 1.29 is 4.74 Å². The molecule has 2 rings (SSSR count). The van der Waals surface area contributed by atoms with E-state index in [9.17, 15) is 0 Å². The third-order valence-corrected chi connectivity index (χ3v) is 5.11. The summed E-state index contributed by atoms with van der Waals surface area (Å²) in [6.45, 7) is 7.57. The fraction of sp³-hybridized carbons (Fsp3) is 0.800. The molecule has 1 aliphatic heterocycles. The summed E-state index contributed by atoms with van der Waals surface area (Å²) in [7, 11) is 0. The molecule has 1 fully saturated rings. The molecule has 5 heteroatoms. The van der Waals surface area contributed by atoms with Crippen LogP contribution in [0.4, 0.5) is 0 Å². The molecule has 3 nitrogen and oxygen atoms in total. The topological polar surface area (TPSA) is 25.4 Å². The first-order chi connectivity index (χ1) is 9.72. The van der Waals surface area contributed by atoms with Crippen LogP contribution in [0.5, 0.6) is 0 Å². The molecule has 20 heavy (non-hydrogen) atoms. The summed E-state index contributed by atoms with van der Waals surface area (Å²) < 4.78 is 5.74. The largest absolute Gasteiger partial charge is 0.376 e. The second kappa shape index (κ2) is 8.32. The first-order valence-electron chi connectivity index (χ1n) is 7.57. The van der Waals surface area contributed by atoms with Crippen LogP contribution in [-0.4, -0.2) is 41.7 Å². The highest BCUT2D eigenvalue weighted by Gasteiger charge is 2.24. The molecule has 0 N–H and O–H groups in total. The quantitative estimate of drug-likeness (QED) is 0.566. The predicted octanol–water partition coefficient (Wildman–Crippen LogP) is 3.70. The minimum absolute atomic E-state index is 0.378. The van der Waals surface area contributed by atoms with Gasteiger partial charge in [-0.3, -0.25) is 4.90 Å². The predicted molar refractivity (Wildman–Crippen MR) is 85.7 cm³/mol. The van der Waals surface area contributed by atoms with Gasteiger partial charge in [-0.1, -0.05) is 6.92 Å². The molecule has 0 aliphatic carbocycles. The third kappa shape index (κ3) is 4.69. The third-order valence-electron chi connectivity index (χ3n) is 3.87. The van der Waals surface area contributed by atoms with Gasteiger partial charge in [0, 0.05) is 18.0 Å². The lowest BCUT2D eigenvalue weighted by atomic mass is 10.1. The molecule has 0 aromatic carbocycles. The van der Waals surface area contributed by atoms with Crippen LogP contribution in [0.25, 0.3) is 0 Å².